The lowest BCUT2D eigenvalue weighted by molar-refractivity contribution is 0.134. The Morgan fingerprint density at radius 1 is 0.690 bits per heavy atom. The van der Waals surface area contributed by atoms with E-state index in [1.807, 2.05) is 0 Å². The van der Waals surface area contributed by atoms with Gasteiger partial charge in [0.15, 0.2) is 0 Å². The summed E-state index contributed by atoms with van der Waals surface area (Å²) in [6, 6.07) is 32.7. The predicted molar refractivity (Wildman–Crippen MR) is 124 cm³/mol. The molecule has 0 saturated heterocycles. The number of hydrogen-bond acceptors (Lipinski definition) is 2. The monoisotopic (exact) mass is 404 g/mol. The molecule has 0 unspecified atom stereocenters. The number of nitrogens with zero attached hydrogens (tertiary/aromatic N) is 3. The fourth-order valence-electron chi connectivity index (χ4n) is 3.67. The van der Waals surface area contributed by atoms with Gasteiger partial charge in [-0.3, -0.25) is 0 Å². The standard InChI is InChI=1S/C24H27N3OP/c25-27-26-18-10-19-28-20-11-21-29(22-12-4-1-5-13-22,23-14-6-2-7-15-23)24-16-8-3-9-17-24/h1-9,12-17H,10-11,18-21H2/q+1. The molecule has 148 valence electrons. The van der Waals surface area contributed by atoms with Crippen LogP contribution in [-0.2, 0) is 4.74 Å². The second-order valence-corrected chi connectivity index (χ2v) is 10.4. The van der Waals surface area contributed by atoms with E-state index in [1.54, 1.807) is 0 Å². The van der Waals surface area contributed by atoms with Gasteiger partial charge >= 0.3 is 0 Å². The van der Waals surface area contributed by atoms with E-state index >= 15 is 0 Å². The van der Waals surface area contributed by atoms with Crippen LogP contribution in [0.2, 0.25) is 0 Å². The summed E-state index contributed by atoms with van der Waals surface area (Å²) in [4.78, 5) is 2.78. The Bertz CT molecular complexity index is 801. The van der Waals surface area contributed by atoms with Gasteiger partial charge in [-0.05, 0) is 48.4 Å². The average molecular weight is 404 g/mol. The van der Waals surface area contributed by atoms with Crippen molar-refractivity contribution in [3.05, 3.63) is 101 Å². The Kier molecular flexibility index (Phi) is 8.27. The fraction of sp³-hybridized carbons (Fsp3) is 0.250. The highest BCUT2D eigenvalue weighted by molar-refractivity contribution is 7.95. The molecule has 0 heterocycles. The molecule has 3 aromatic carbocycles. The van der Waals surface area contributed by atoms with E-state index in [0.29, 0.717) is 19.8 Å². The third-order valence-corrected chi connectivity index (χ3v) is 9.51. The Balaban J connectivity index is 1.86. The molecule has 0 aromatic heterocycles. The van der Waals surface area contributed by atoms with Gasteiger partial charge in [-0.2, -0.15) is 0 Å². The van der Waals surface area contributed by atoms with Gasteiger partial charge < -0.3 is 4.74 Å². The van der Waals surface area contributed by atoms with Gasteiger partial charge in [-0.1, -0.05) is 59.7 Å². The average Bonchev–Trinajstić information content (AvgIpc) is 2.80. The van der Waals surface area contributed by atoms with Crippen molar-refractivity contribution in [2.24, 2.45) is 5.11 Å². The largest absolute Gasteiger partial charge is 0.381 e. The predicted octanol–water partition coefficient (Wildman–Crippen LogP) is 5.09. The van der Waals surface area contributed by atoms with Gasteiger partial charge in [0, 0.05) is 24.5 Å². The van der Waals surface area contributed by atoms with Crippen LogP contribution < -0.4 is 15.9 Å². The summed E-state index contributed by atoms with van der Waals surface area (Å²) in [5.74, 6) is 0. The normalized spacial score (nSPS) is 11.0. The van der Waals surface area contributed by atoms with E-state index in [1.165, 1.54) is 15.9 Å². The summed E-state index contributed by atoms with van der Waals surface area (Å²) in [7, 11) is -1.77. The van der Waals surface area contributed by atoms with Crippen LogP contribution >= 0.6 is 7.26 Å². The van der Waals surface area contributed by atoms with Gasteiger partial charge in [0.2, 0.25) is 0 Å². The minimum Gasteiger partial charge on any atom is -0.381 e. The lowest BCUT2D eigenvalue weighted by Crippen LogP contribution is -2.33. The SMILES string of the molecule is [N-]=[N+]=NCCCOCCC[P+](c1ccccc1)(c1ccccc1)c1ccccc1. The van der Waals surface area contributed by atoms with E-state index in [2.05, 4.69) is 101 Å². The zero-order chi connectivity index (χ0) is 20.2. The maximum Gasteiger partial charge on any atom is 0.112 e. The first-order valence-corrected chi connectivity index (χ1v) is 12.0. The first-order chi connectivity index (χ1) is 14.4. The molecule has 0 amide bonds. The van der Waals surface area contributed by atoms with Crippen molar-refractivity contribution >= 4 is 23.2 Å². The van der Waals surface area contributed by atoms with E-state index in [4.69, 9.17) is 10.3 Å². The molecule has 0 N–H and O–H groups in total. The lowest BCUT2D eigenvalue weighted by Gasteiger charge is -2.27. The Morgan fingerprint density at radius 2 is 1.14 bits per heavy atom. The first-order valence-electron chi connectivity index (χ1n) is 10.0. The van der Waals surface area contributed by atoms with Crippen molar-refractivity contribution in [2.75, 3.05) is 25.9 Å². The molecule has 3 rings (SSSR count). The van der Waals surface area contributed by atoms with Crippen molar-refractivity contribution in [1.82, 2.24) is 0 Å². The Labute approximate surface area is 173 Å². The van der Waals surface area contributed by atoms with Gasteiger partial charge in [0.1, 0.15) is 23.2 Å². The van der Waals surface area contributed by atoms with Crippen LogP contribution in [0.3, 0.4) is 0 Å². The molecular weight excluding hydrogens is 377 g/mol. The quantitative estimate of drug-likeness (QED) is 0.144. The summed E-state index contributed by atoms with van der Waals surface area (Å²) in [5.41, 5.74) is 8.34. The van der Waals surface area contributed by atoms with E-state index < -0.39 is 7.26 Å². The zero-order valence-corrected chi connectivity index (χ0v) is 17.5. The molecule has 0 radical (unpaired) electrons. The highest BCUT2D eigenvalue weighted by atomic mass is 31.2. The first kappa shape index (κ1) is 21.1. The smallest absolute Gasteiger partial charge is 0.112 e. The molecule has 0 bridgehead atoms. The minimum atomic E-state index is -1.77. The maximum absolute atomic E-state index is 8.34. The molecule has 0 saturated carbocycles. The van der Waals surface area contributed by atoms with E-state index in [9.17, 15) is 0 Å². The fourth-order valence-corrected chi connectivity index (χ4v) is 7.99. The van der Waals surface area contributed by atoms with Crippen LogP contribution in [0.25, 0.3) is 10.4 Å². The van der Waals surface area contributed by atoms with Crippen molar-refractivity contribution < 1.29 is 4.74 Å². The van der Waals surface area contributed by atoms with Crippen LogP contribution in [0.5, 0.6) is 0 Å². The molecule has 0 aliphatic rings. The number of azide groups is 1. The van der Waals surface area contributed by atoms with Crippen LogP contribution in [-0.4, -0.2) is 25.9 Å². The van der Waals surface area contributed by atoms with E-state index in [-0.39, 0.29) is 0 Å². The Morgan fingerprint density at radius 3 is 1.59 bits per heavy atom. The summed E-state index contributed by atoms with van der Waals surface area (Å²) < 4.78 is 5.82. The van der Waals surface area contributed by atoms with Crippen molar-refractivity contribution in [3.8, 4) is 0 Å². The molecule has 3 aromatic rings. The van der Waals surface area contributed by atoms with Crippen molar-refractivity contribution in [1.29, 1.82) is 0 Å². The van der Waals surface area contributed by atoms with E-state index in [0.717, 1.165) is 19.0 Å². The van der Waals surface area contributed by atoms with Gasteiger partial charge in [-0.15, -0.1) is 0 Å². The zero-order valence-electron chi connectivity index (χ0n) is 16.6. The third-order valence-electron chi connectivity index (χ3n) is 4.98. The molecule has 5 heteroatoms. The number of benzene rings is 3. The van der Waals surface area contributed by atoms with Gasteiger partial charge in [-0.25, -0.2) is 0 Å². The molecular formula is C24H27N3OP+. The highest BCUT2D eigenvalue weighted by Gasteiger charge is 2.44. The minimum absolute atomic E-state index is 0.492. The summed E-state index contributed by atoms with van der Waals surface area (Å²) in [6.07, 6.45) is 2.80. The van der Waals surface area contributed by atoms with Crippen LogP contribution in [0.15, 0.2) is 96.1 Å². The third kappa shape index (κ3) is 5.46. The summed E-state index contributed by atoms with van der Waals surface area (Å²) in [5, 5.41) is 7.76. The lowest BCUT2D eigenvalue weighted by atomic mass is 10.4. The molecule has 0 fully saturated rings. The van der Waals surface area contributed by atoms with Gasteiger partial charge in [0.05, 0.1) is 12.8 Å². The topological polar surface area (TPSA) is 58.0 Å². The maximum atomic E-state index is 8.34. The molecule has 0 aliphatic carbocycles. The summed E-state index contributed by atoms with van der Waals surface area (Å²) >= 11 is 0. The number of rotatable bonds is 11. The molecule has 0 spiro atoms. The molecule has 4 nitrogen and oxygen atoms in total. The Hall–Kier alpha value is -2.64. The summed E-state index contributed by atoms with van der Waals surface area (Å²) in [6.45, 7) is 1.84. The van der Waals surface area contributed by atoms with Crippen molar-refractivity contribution in [2.45, 2.75) is 12.8 Å². The van der Waals surface area contributed by atoms with Gasteiger partial charge in [0.25, 0.3) is 0 Å². The van der Waals surface area contributed by atoms with Crippen molar-refractivity contribution in [3.63, 3.8) is 0 Å². The van der Waals surface area contributed by atoms with Crippen LogP contribution in [0, 0.1) is 0 Å². The second-order valence-electron chi connectivity index (χ2n) is 6.81. The van der Waals surface area contributed by atoms with Crippen LogP contribution in [0.4, 0.5) is 0 Å². The van der Waals surface area contributed by atoms with Crippen LogP contribution in [0.1, 0.15) is 12.8 Å². The number of hydrogen-bond donors (Lipinski definition) is 0. The second kappa shape index (κ2) is 11.4. The molecule has 0 aliphatic heterocycles. The highest BCUT2D eigenvalue weighted by Crippen LogP contribution is 2.55. The molecule has 29 heavy (non-hydrogen) atoms. The number of ether oxygens (including phenoxy) is 1. The molecule has 0 atom stereocenters.